The minimum atomic E-state index is -1.06. The highest BCUT2D eigenvalue weighted by molar-refractivity contribution is 5.23. The van der Waals surface area contributed by atoms with Crippen LogP contribution in [0.5, 0.6) is 0 Å². The second-order valence-corrected chi connectivity index (χ2v) is 5.16. The van der Waals surface area contributed by atoms with E-state index in [1.54, 1.807) is 15.6 Å². The van der Waals surface area contributed by atoms with Gasteiger partial charge in [0.1, 0.15) is 6.54 Å². The van der Waals surface area contributed by atoms with Gasteiger partial charge in [-0.05, 0) is 11.6 Å². The first kappa shape index (κ1) is 12.3. The lowest BCUT2D eigenvalue weighted by molar-refractivity contribution is 0.327. The molecule has 1 aliphatic rings. The lowest BCUT2D eigenvalue weighted by Crippen LogP contribution is -2.09. The highest BCUT2D eigenvalue weighted by Crippen LogP contribution is 2.39. The molecule has 2 aromatic heterocycles. The lowest BCUT2D eigenvalue weighted by Gasteiger charge is -2.11. The van der Waals surface area contributed by atoms with Crippen molar-refractivity contribution in [2.24, 2.45) is 0 Å². The molecule has 1 aromatic carbocycles. The smallest absolute Gasteiger partial charge is 0.172 e. The van der Waals surface area contributed by atoms with Crippen LogP contribution in [-0.4, -0.2) is 24.5 Å². The van der Waals surface area contributed by atoms with Gasteiger partial charge in [0.2, 0.25) is 0 Å². The van der Waals surface area contributed by atoms with Gasteiger partial charge in [-0.1, -0.05) is 30.3 Å². The fourth-order valence-corrected chi connectivity index (χ4v) is 2.78. The van der Waals surface area contributed by atoms with Gasteiger partial charge in [0.25, 0.3) is 0 Å². The Morgan fingerprint density at radius 3 is 2.81 bits per heavy atom. The summed E-state index contributed by atoms with van der Waals surface area (Å²) in [6.07, 6.45) is 2.89. The number of fused-ring (bicyclic) bond motifs is 1. The Labute approximate surface area is 121 Å². The highest BCUT2D eigenvalue weighted by atomic mass is 19.1. The van der Waals surface area contributed by atoms with E-state index in [1.807, 2.05) is 42.6 Å². The minimum absolute atomic E-state index is 0.0740. The molecule has 5 nitrogen and oxygen atoms in total. The molecule has 0 fully saturated rings. The molecule has 0 saturated heterocycles. The SMILES string of the molecule is F[C@H]1C[C@@H](c2ccccc2)n2nc(Cn3cccn3)nc21. The maximum atomic E-state index is 14.2. The van der Waals surface area contributed by atoms with Crippen molar-refractivity contribution in [1.29, 1.82) is 0 Å². The molecule has 0 saturated carbocycles. The summed E-state index contributed by atoms with van der Waals surface area (Å²) in [6.45, 7) is 0.460. The molecule has 1 aliphatic heterocycles. The molecule has 4 rings (SSSR count). The van der Waals surface area contributed by atoms with E-state index in [1.165, 1.54) is 0 Å². The van der Waals surface area contributed by atoms with Crippen molar-refractivity contribution >= 4 is 0 Å². The van der Waals surface area contributed by atoms with E-state index >= 15 is 0 Å². The van der Waals surface area contributed by atoms with Gasteiger partial charge in [-0.15, -0.1) is 0 Å². The van der Waals surface area contributed by atoms with E-state index in [4.69, 9.17) is 0 Å². The van der Waals surface area contributed by atoms with Gasteiger partial charge < -0.3 is 0 Å². The van der Waals surface area contributed by atoms with E-state index in [2.05, 4.69) is 15.2 Å². The van der Waals surface area contributed by atoms with Crippen LogP contribution in [-0.2, 0) is 6.54 Å². The Balaban J connectivity index is 1.67. The zero-order valence-corrected chi connectivity index (χ0v) is 11.3. The van der Waals surface area contributed by atoms with Gasteiger partial charge >= 0.3 is 0 Å². The van der Waals surface area contributed by atoms with Crippen molar-refractivity contribution in [3.05, 3.63) is 66.0 Å². The predicted molar refractivity (Wildman–Crippen MR) is 74.4 cm³/mol. The van der Waals surface area contributed by atoms with Crippen molar-refractivity contribution < 1.29 is 4.39 Å². The molecule has 6 heteroatoms. The summed E-state index contributed by atoms with van der Waals surface area (Å²) in [5, 5.41) is 8.60. The van der Waals surface area contributed by atoms with Gasteiger partial charge in [0.05, 0.1) is 6.04 Å². The van der Waals surface area contributed by atoms with E-state index in [-0.39, 0.29) is 6.04 Å². The first-order valence-electron chi connectivity index (χ1n) is 6.93. The van der Waals surface area contributed by atoms with Crippen LogP contribution >= 0.6 is 0 Å². The molecule has 0 bridgehead atoms. The molecule has 106 valence electrons. The summed E-state index contributed by atoms with van der Waals surface area (Å²) in [5.41, 5.74) is 1.06. The van der Waals surface area contributed by atoms with Crippen molar-refractivity contribution in [2.75, 3.05) is 0 Å². The van der Waals surface area contributed by atoms with Gasteiger partial charge in [-0.3, -0.25) is 4.68 Å². The number of nitrogens with zero attached hydrogens (tertiary/aromatic N) is 5. The number of hydrogen-bond acceptors (Lipinski definition) is 3. The molecule has 3 heterocycles. The molecule has 3 aromatic rings. The van der Waals surface area contributed by atoms with Crippen LogP contribution in [0.2, 0.25) is 0 Å². The van der Waals surface area contributed by atoms with Crippen molar-refractivity contribution in [3.63, 3.8) is 0 Å². The monoisotopic (exact) mass is 283 g/mol. The number of hydrogen-bond donors (Lipinski definition) is 0. The molecular formula is C15H14FN5. The molecule has 0 amide bonds. The second-order valence-electron chi connectivity index (χ2n) is 5.16. The average molecular weight is 283 g/mol. The standard InChI is InChI=1S/C15H14FN5/c16-12-9-13(11-5-2-1-3-6-11)21-15(12)18-14(19-21)10-20-8-4-7-17-20/h1-8,12-13H,9-10H2/t12-,13-/m0/s1. The summed E-state index contributed by atoms with van der Waals surface area (Å²) >= 11 is 0. The third-order valence-corrected chi connectivity index (χ3v) is 3.75. The number of rotatable bonds is 3. The average Bonchev–Trinajstić information content (AvgIpc) is 3.20. The quantitative estimate of drug-likeness (QED) is 0.742. The number of benzene rings is 1. The van der Waals surface area contributed by atoms with E-state index in [0.29, 0.717) is 24.6 Å². The van der Waals surface area contributed by atoms with Crippen molar-refractivity contribution in [3.8, 4) is 0 Å². The van der Waals surface area contributed by atoms with Crippen molar-refractivity contribution in [2.45, 2.75) is 25.2 Å². The summed E-state index contributed by atoms with van der Waals surface area (Å²) in [5.74, 6) is 1.02. The first-order chi connectivity index (χ1) is 10.3. The minimum Gasteiger partial charge on any atom is -0.265 e. The maximum Gasteiger partial charge on any atom is 0.172 e. The fraction of sp³-hybridized carbons (Fsp3) is 0.267. The lowest BCUT2D eigenvalue weighted by atomic mass is 10.0. The Kier molecular flexibility index (Phi) is 2.80. The zero-order chi connectivity index (χ0) is 14.2. The second kappa shape index (κ2) is 4.80. The fourth-order valence-electron chi connectivity index (χ4n) is 2.78. The molecule has 0 aliphatic carbocycles. The van der Waals surface area contributed by atoms with Gasteiger partial charge in [0, 0.05) is 18.8 Å². The van der Waals surface area contributed by atoms with E-state index < -0.39 is 6.17 Å². The molecule has 0 unspecified atom stereocenters. The summed E-state index contributed by atoms with van der Waals surface area (Å²) in [6, 6.07) is 11.6. The molecule has 0 N–H and O–H groups in total. The van der Waals surface area contributed by atoms with Crippen LogP contribution in [0.25, 0.3) is 0 Å². The van der Waals surface area contributed by atoms with E-state index in [9.17, 15) is 4.39 Å². The largest absolute Gasteiger partial charge is 0.265 e. The predicted octanol–water partition coefficient (Wildman–Crippen LogP) is 2.53. The van der Waals surface area contributed by atoms with Crippen LogP contribution in [0.1, 0.15) is 35.8 Å². The van der Waals surface area contributed by atoms with Crippen LogP contribution in [0.4, 0.5) is 4.39 Å². The van der Waals surface area contributed by atoms with Crippen LogP contribution in [0, 0.1) is 0 Å². The van der Waals surface area contributed by atoms with Crippen LogP contribution in [0.3, 0.4) is 0 Å². The van der Waals surface area contributed by atoms with E-state index in [0.717, 1.165) is 5.56 Å². The normalized spacial score (nSPS) is 20.6. The molecule has 2 atom stereocenters. The Morgan fingerprint density at radius 1 is 1.19 bits per heavy atom. The topological polar surface area (TPSA) is 48.5 Å². The Bertz CT molecular complexity index is 735. The maximum absolute atomic E-state index is 14.2. The van der Waals surface area contributed by atoms with Gasteiger partial charge in [-0.25, -0.2) is 14.1 Å². The summed E-state index contributed by atoms with van der Waals surface area (Å²) in [7, 11) is 0. The van der Waals surface area contributed by atoms with Crippen molar-refractivity contribution in [1.82, 2.24) is 24.5 Å². The van der Waals surface area contributed by atoms with Crippen LogP contribution < -0.4 is 0 Å². The first-order valence-corrected chi connectivity index (χ1v) is 6.93. The Hall–Kier alpha value is -2.50. The molecule has 0 radical (unpaired) electrons. The third kappa shape index (κ3) is 2.12. The summed E-state index contributed by atoms with van der Waals surface area (Å²) in [4.78, 5) is 4.34. The summed E-state index contributed by atoms with van der Waals surface area (Å²) < 4.78 is 17.7. The molecular weight excluding hydrogens is 269 g/mol. The Morgan fingerprint density at radius 2 is 2.05 bits per heavy atom. The zero-order valence-electron chi connectivity index (χ0n) is 11.3. The number of alkyl halides is 1. The number of aromatic nitrogens is 5. The van der Waals surface area contributed by atoms with Gasteiger partial charge in [-0.2, -0.15) is 10.2 Å². The highest BCUT2D eigenvalue weighted by Gasteiger charge is 2.35. The molecule has 0 spiro atoms. The molecule has 21 heavy (non-hydrogen) atoms. The van der Waals surface area contributed by atoms with Crippen LogP contribution in [0.15, 0.2) is 48.8 Å². The number of halogens is 1. The third-order valence-electron chi connectivity index (χ3n) is 3.75. The van der Waals surface area contributed by atoms with Gasteiger partial charge in [0.15, 0.2) is 17.8 Å².